The lowest BCUT2D eigenvalue weighted by atomic mass is 10.1. The van der Waals surface area contributed by atoms with E-state index in [9.17, 15) is 9.59 Å². The molecule has 1 aliphatic heterocycles. The molecule has 2 atom stereocenters. The standard InChI is InChI=1S/C17H19N3O2S/c1-11-8-16(22)20-14(10-23-17(20)18-11)9-15(21)19-12(2)13-6-4-3-5-7-13/h3-8,12,14H,9-10H2,1-2H3,(H,19,21). The summed E-state index contributed by atoms with van der Waals surface area (Å²) in [4.78, 5) is 28.8. The summed E-state index contributed by atoms with van der Waals surface area (Å²) in [5.74, 6) is 0.658. The summed E-state index contributed by atoms with van der Waals surface area (Å²) in [7, 11) is 0. The number of nitrogens with zero attached hydrogens (tertiary/aromatic N) is 2. The Labute approximate surface area is 139 Å². The van der Waals surface area contributed by atoms with Crippen LogP contribution in [0.2, 0.25) is 0 Å². The summed E-state index contributed by atoms with van der Waals surface area (Å²) in [6.45, 7) is 3.77. The fourth-order valence-corrected chi connectivity index (χ4v) is 3.95. The largest absolute Gasteiger partial charge is 0.350 e. The van der Waals surface area contributed by atoms with Crippen LogP contribution in [-0.2, 0) is 4.79 Å². The Balaban J connectivity index is 1.68. The van der Waals surface area contributed by atoms with E-state index in [0.717, 1.165) is 11.3 Å². The average molecular weight is 329 g/mol. The maximum atomic E-state index is 12.3. The van der Waals surface area contributed by atoms with Gasteiger partial charge >= 0.3 is 0 Å². The molecule has 3 rings (SSSR count). The summed E-state index contributed by atoms with van der Waals surface area (Å²) >= 11 is 1.53. The molecule has 2 aromatic rings. The quantitative estimate of drug-likeness (QED) is 0.875. The van der Waals surface area contributed by atoms with Crippen molar-refractivity contribution in [2.24, 2.45) is 0 Å². The van der Waals surface area contributed by atoms with Crippen molar-refractivity contribution in [2.75, 3.05) is 5.75 Å². The fourth-order valence-electron chi connectivity index (χ4n) is 2.75. The summed E-state index contributed by atoms with van der Waals surface area (Å²) < 4.78 is 1.64. The SMILES string of the molecule is Cc1cc(=O)n2c(n1)SCC2CC(=O)NC(C)c1ccccc1. The first kappa shape index (κ1) is 15.8. The predicted octanol–water partition coefficient (Wildman–Crippen LogP) is 2.47. The molecule has 2 heterocycles. The lowest BCUT2D eigenvalue weighted by molar-refractivity contribution is -0.122. The summed E-state index contributed by atoms with van der Waals surface area (Å²) in [6.07, 6.45) is 0.293. The molecule has 1 N–H and O–H groups in total. The molecule has 1 amide bonds. The van der Waals surface area contributed by atoms with E-state index >= 15 is 0 Å². The highest BCUT2D eigenvalue weighted by Gasteiger charge is 2.27. The fraction of sp³-hybridized carbons (Fsp3) is 0.353. The van der Waals surface area contributed by atoms with Gasteiger partial charge in [0.2, 0.25) is 5.91 Å². The van der Waals surface area contributed by atoms with Crippen LogP contribution in [0, 0.1) is 6.92 Å². The number of carbonyl (C=O) groups excluding carboxylic acids is 1. The van der Waals surface area contributed by atoms with E-state index in [1.54, 1.807) is 4.57 Å². The molecular weight excluding hydrogens is 310 g/mol. The maximum Gasteiger partial charge on any atom is 0.254 e. The second-order valence-electron chi connectivity index (χ2n) is 5.76. The Morgan fingerprint density at radius 1 is 1.43 bits per heavy atom. The highest BCUT2D eigenvalue weighted by Crippen LogP contribution is 2.32. The highest BCUT2D eigenvalue weighted by molar-refractivity contribution is 7.99. The van der Waals surface area contributed by atoms with Gasteiger partial charge in [0, 0.05) is 23.9 Å². The number of rotatable bonds is 4. The van der Waals surface area contributed by atoms with E-state index in [-0.39, 0.29) is 23.6 Å². The molecule has 0 aliphatic carbocycles. The van der Waals surface area contributed by atoms with Crippen LogP contribution >= 0.6 is 11.8 Å². The number of hydrogen-bond acceptors (Lipinski definition) is 4. The normalized spacial score (nSPS) is 17.6. The van der Waals surface area contributed by atoms with E-state index in [1.807, 2.05) is 44.2 Å². The highest BCUT2D eigenvalue weighted by atomic mass is 32.2. The predicted molar refractivity (Wildman–Crippen MR) is 90.6 cm³/mol. The van der Waals surface area contributed by atoms with Crippen molar-refractivity contribution < 1.29 is 4.79 Å². The van der Waals surface area contributed by atoms with Crippen molar-refractivity contribution >= 4 is 17.7 Å². The molecule has 0 saturated heterocycles. The zero-order chi connectivity index (χ0) is 16.4. The molecule has 2 unspecified atom stereocenters. The van der Waals surface area contributed by atoms with Gasteiger partial charge in [0.15, 0.2) is 5.16 Å². The molecule has 120 valence electrons. The van der Waals surface area contributed by atoms with Crippen molar-refractivity contribution in [3.05, 3.63) is 58.0 Å². The molecule has 5 nitrogen and oxygen atoms in total. The first-order chi connectivity index (χ1) is 11.0. The lowest BCUT2D eigenvalue weighted by Crippen LogP contribution is -2.32. The molecule has 6 heteroatoms. The first-order valence-corrected chi connectivity index (χ1v) is 8.60. The van der Waals surface area contributed by atoms with E-state index in [0.29, 0.717) is 17.3 Å². The van der Waals surface area contributed by atoms with Crippen LogP contribution in [0.1, 0.15) is 36.7 Å². The number of nitrogens with one attached hydrogen (secondary N) is 1. The molecule has 1 aromatic carbocycles. The molecule has 0 spiro atoms. The number of amides is 1. The van der Waals surface area contributed by atoms with Crippen LogP contribution in [0.3, 0.4) is 0 Å². The van der Waals surface area contributed by atoms with Gasteiger partial charge in [-0.05, 0) is 19.4 Å². The van der Waals surface area contributed by atoms with Gasteiger partial charge in [-0.2, -0.15) is 0 Å². The van der Waals surface area contributed by atoms with Gasteiger partial charge in [-0.1, -0.05) is 42.1 Å². The van der Waals surface area contributed by atoms with Crippen molar-refractivity contribution in [1.29, 1.82) is 0 Å². The molecule has 0 radical (unpaired) electrons. The molecule has 0 fully saturated rings. The van der Waals surface area contributed by atoms with E-state index < -0.39 is 0 Å². The topological polar surface area (TPSA) is 64.0 Å². The van der Waals surface area contributed by atoms with Crippen LogP contribution in [0.4, 0.5) is 0 Å². The molecule has 1 aliphatic rings. The summed E-state index contributed by atoms with van der Waals surface area (Å²) in [6, 6.07) is 11.2. The maximum absolute atomic E-state index is 12.3. The third-order valence-corrected chi connectivity index (χ3v) is 5.01. The lowest BCUT2D eigenvalue weighted by Gasteiger charge is -2.17. The van der Waals surface area contributed by atoms with Crippen molar-refractivity contribution in [1.82, 2.24) is 14.9 Å². The van der Waals surface area contributed by atoms with Gasteiger partial charge in [0.05, 0.1) is 12.1 Å². The third-order valence-electron chi connectivity index (χ3n) is 3.92. The monoisotopic (exact) mass is 329 g/mol. The van der Waals surface area contributed by atoms with Crippen LogP contribution in [0.25, 0.3) is 0 Å². The Morgan fingerprint density at radius 2 is 2.17 bits per heavy atom. The minimum absolute atomic E-state index is 0.0488. The number of fused-ring (bicyclic) bond motifs is 1. The van der Waals surface area contributed by atoms with Crippen LogP contribution in [-0.4, -0.2) is 21.2 Å². The Hall–Kier alpha value is -2.08. The molecule has 23 heavy (non-hydrogen) atoms. The summed E-state index contributed by atoms with van der Waals surface area (Å²) in [5, 5.41) is 3.71. The Bertz CT molecular complexity index is 773. The van der Waals surface area contributed by atoms with Crippen LogP contribution in [0.5, 0.6) is 0 Å². The second kappa shape index (κ2) is 6.58. The first-order valence-electron chi connectivity index (χ1n) is 7.62. The van der Waals surface area contributed by atoms with Crippen molar-refractivity contribution in [3.8, 4) is 0 Å². The second-order valence-corrected chi connectivity index (χ2v) is 6.74. The van der Waals surface area contributed by atoms with Gasteiger partial charge in [-0.25, -0.2) is 4.98 Å². The third kappa shape index (κ3) is 3.47. The minimum atomic E-state index is -0.126. The van der Waals surface area contributed by atoms with Crippen LogP contribution < -0.4 is 10.9 Å². The Kier molecular flexibility index (Phi) is 4.52. The number of benzene rings is 1. The molecule has 0 bridgehead atoms. The van der Waals surface area contributed by atoms with Gasteiger partial charge in [0.25, 0.3) is 5.56 Å². The number of aromatic nitrogens is 2. The van der Waals surface area contributed by atoms with Gasteiger partial charge < -0.3 is 5.32 Å². The molecule has 1 aromatic heterocycles. The minimum Gasteiger partial charge on any atom is -0.350 e. The molecular formula is C17H19N3O2S. The smallest absolute Gasteiger partial charge is 0.254 e. The van der Waals surface area contributed by atoms with Gasteiger partial charge in [-0.3, -0.25) is 14.2 Å². The number of carbonyl (C=O) groups is 1. The van der Waals surface area contributed by atoms with E-state index in [4.69, 9.17) is 0 Å². The van der Waals surface area contributed by atoms with Crippen molar-refractivity contribution in [3.63, 3.8) is 0 Å². The summed E-state index contributed by atoms with van der Waals surface area (Å²) in [5.41, 5.74) is 1.71. The Morgan fingerprint density at radius 3 is 2.91 bits per heavy atom. The van der Waals surface area contributed by atoms with Crippen LogP contribution in [0.15, 0.2) is 46.3 Å². The average Bonchev–Trinajstić information content (AvgIpc) is 2.90. The van der Waals surface area contributed by atoms with E-state index in [1.165, 1.54) is 17.8 Å². The number of thioether (sulfide) groups is 1. The zero-order valence-electron chi connectivity index (χ0n) is 13.2. The number of hydrogen-bond donors (Lipinski definition) is 1. The van der Waals surface area contributed by atoms with E-state index in [2.05, 4.69) is 10.3 Å². The van der Waals surface area contributed by atoms with Gasteiger partial charge in [0.1, 0.15) is 0 Å². The number of aryl methyl sites for hydroxylation is 1. The zero-order valence-corrected chi connectivity index (χ0v) is 14.0. The van der Waals surface area contributed by atoms with Gasteiger partial charge in [-0.15, -0.1) is 0 Å². The van der Waals surface area contributed by atoms with Crippen molar-refractivity contribution in [2.45, 2.75) is 37.5 Å². The molecule has 0 saturated carbocycles.